The van der Waals surface area contributed by atoms with Crippen molar-refractivity contribution in [3.05, 3.63) is 34.9 Å². The number of ether oxygens (including phenoxy) is 1. The predicted molar refractivity (Wildman–Crippen MR) is 51.9 cm³/mol. The molecule has 1 aromatic carbocycles. The van der Waals surface area contributed by atoms with E-state index in [0.717, 1.165) is 16.7 Å². The van der Waals surface area contributed by atoms with Crippen LogP contribution < -0.4 is 0 Å². The third-order valence-electron chi connectivity index (χ3n) is 1.85. The fourth-order valence-corrected chi connectivity index (χ4v) is 1.32. The molecule has 0 fully saturated rings. The van der Waals surface area contributed by atoms with Crippen molar-refractivity contribution >= 4 is 5.78 Å². The van der Waals surface area contributed by atoms with Crippen LogP contribution in [0.15, 0.2) is 18.2 Å². The average molecular weight is 178 g/mol. The van der Waals surface area contributed by atoms with E-state index in [0.29, 0.717) is 6.61 Å². The van der Waals surface area contributed by atoms with Crippen molar-refractivity contribution in [2.75, 3.05) is 7.11 Å². The van der Waals surface area contributed by atoms with Gasteiger partial charge in [-0.3, -0.25) is 4.79 Å². The molecule has 0 N–H and O–H groups in total. The summed E-state index contributed by atoms with van der Waals surface area (Å²) in [5.74, 6) is 0.0982. The smallest absolute Gasteiger partial charge is 0.159 e. The van der Waals surface area contributed by atoms with Crippen molar-refractivity contribution in [3.63, 3.8) is 0 Å². The van der Waals surface area contributed by atoms with E-state index in [1.54, 1.807) is 14.0 Å². The zero-order valence-corrected chi connectivity index (χ0v) is 8.26. The van der Waals surface area contributed by atoms with Crippen LogP contribution in [0, 0.1) is 6.92 Å². The number of Topliss-reactive ketones (excluding diaryl/α,β-unsaturated/α-hetero) is 1. The molecule has 0 bridgehead atoms. The van der Waals surface area contributed by atoms with Crippen LogP contribution >= 0.6 is 0 Å². The molecule has 1 aromatic rings. The molecule has 0 unspecified atom stereocenters. The second kappa shape index (κ2) is 4.19. The highest BCUT2D eigenvalue weighted by molar-refractivity contribution is 5.94. The van der Waals surface area contributed by atoms with E-state index in [1.807, 2.05) is 25.1 Å². The van der Waals surface area contributed by atoms with Crippen molar-refractivity contribution in [1.82, 2.24) is 0 Å². The molecule has 2 heteroatoms. The van der Waals surface area contributed by atoms with E-state index >= 15 is 0 Å². The van der Waals surface area contributed by atoms with Gasteiger partial charge in [0.1, 0.15) is 0 Å². The van der Waals surface area contributed by atoms with E-state index in [2.05, 4.69) is 0 Å². The Morgan fingerprint density at radius 1 is 1.38 bits per heavy atom. The van der Waals surface area contributed by atoms with Crippen molar-refractivity contribution < 1.29 is 9.53 Å². The van der Waals surface area contributed by atoms with Gasteiger partial charge >= 0.3 is 0 Å². The molecule has 0 heterocycles. The largest absolute Gasteiger partial charge is 0.380 e. The van der Waals surface area contributed by atoms with Crippen LogP contribution in [-0.2, 0) is 11.3 Å². The van der Waals surface area contributed by atoms with Gasteiger partial charge in [0, 0.05) is 12.7 Å². The second-order valence-electron chi connectivity index (χ2n) is 3.20. The molecule has 0 aliphatic rings. The first-order valence-electron chi connectivity index (χ1n) is 4.24. The molecule has 0 amide bonds. The van der Waals surface area contributed by atoms with Crippen molar-refractivity contribution in [2.45, 2.75) is 20.5 Å². The van der Waals surface area contributed by atoms with Gasteiger partial charge < -0.3 is 4.74 Å². The molecule has 0 radical (unpaired) electrons. The van der Waals surface area contributed by atoms with Crippen LogP contribution in [-0.4, -0.2) is 12.9 Å². The summed E-state index contributed by atoms with van der Waals surface area (Å²) in [4.78, 5) is 11.1. The Morgan fingerprint density at radius 3 is 2.62 bits per heavy atom. The van der Waals surface area contributed by atoms with E-state index in [9.17, 15) is 4.79 Å². The fraction of sp³-hybridized carbons (Fsp3) is 0.364. The number of carbonyl (C=O) groups excluding carboxylic acids is 1. The van der Waals surface area contributed by atoms with Crippen LogP contribution in [0.25, 0.3) is 0 Å². The SMILES string of the molecule is COCc1cc(C)cc(C(C)=O)c1. The number of hydrogen-bond donors (Lipinski definition) is 0. The Bertz CT molecular complexity index is 316. The van der Waals surface area contributed by atoms with Gasteiger partial charge in [0.25, 0.3) is 0 Å². The molecule has 0 aliphatic heterocycles. The number of rotatable bonds is 3. The minimum Gasteiger partial charge on any atom is -0.380 e. The summed E-state index contributed by atoms with van der Waals surface area (Å²) in [5.41, 5.74) is 2.90. The summed E-state index contributed by atoms with van der Waals surface area (Å²) < 4.78 is 5.01. The highest BCUT2D eigenvalue weighted by Gasteiger charge is 2.02. The number of ketones is 1. The number of aryl methyl sites for hydroxylation is 1. The molecule has 0 saturated carbocycles. The monoisotopic (exact) mass is 178 g/mol. The zero-order chi connectivity index (χ0) is 9.84. The van der Waals surface area contributed by atoms with Gasteiger partial charge in [0.15, 0.2) is 5.78 Å². The van der Waals surface area contributed by atoms with Gasteiger partial charge in [0.05, 0.1) is 6.61 Å². The number of carbonyl (C=O) groups is 1. The van der Waals surface area contributed by atoms with E-state index in [-0.39, 0.29) is 5.78 Å². The van der Waals surface area contributed by atoms with Crippen molar-refractivity contribution in [1.29, 1.82) is 0 Å². The quantitative estimate of drug-likeness (QED) is 0.664. The maximum Gasteiger partial charge on any atom is 0.159 e. The molecule has 0 aliphatic carbocycles. The predicted octanol–water partition coefficient (Wildman–Crippen LogP) is 2.34. The first-order chi connectivity index (χ1) is 6.13. The lowest BCUT2D eigenvalue weighted by Crippen LogP contribution is -1.96. The van der Waals surface area contributed by atoms with Crippen LogP contribution in [0.1, 0.15) is 28.4 Å². The highest BCUT2D eigenvalue weighted by atomic mass is 16.5. The Labute approximate surface area is 78.5 Å². The molecule has 0 spiro atoms. The summed E-state index contributed by atoms with van der Waals surface area (Å²) in [6.45, 7) is 4.11. The van der Waals surface area contributed by atoms with Gasteiger partial charge in [-0.2, -0.15) is 0 Å². The summed E-state index contributed by atoms with van der Waals surface area (Å²) in [6.07, 6.45) is 0. The Balaban J connectivity index is 3.03. The molecular weight excluding hydrogens is 164 g/mol. The Morgan fingerprint density at radius 2 is 2.08 bits per heavy atom. The zero-order valence-electron chi connectivity index (χ0n) is 8.26. The minimum atomic E-state index is 0.0982. The van der Waals surface area contributed by atoms with Crippen LogP contribution in [0.5, 0.6) is 0 Å². The molecule has 13 heavy (non-hydrogen) atoms. The van der Waals surface area contributed by atoms with E-state index in [1.165, 1.54) is 0 Å². The molecule has 70 valence electrons. The maximum absolute atomic E-state index is 11.1. The number of hydrogen-bond acceptors (Lipinski definition) is 2. The highest BCUT2D eigenvalue weighted by Crippen LogP contribution is 2.11. The fourth-order valence-electron chi connectivity index (χ4n) is 1.32. The summed E-state index contributed by atoms with van der Waals surface area (Å²) >= 11 is 0. The van der Waals surface area contributed by atoms with Gasteiger partial charge in [-0.15, -0.1) is 0 Å². The molecular formula is C11H14O2. The lowest BCUT2D eigenvalue weighted by Gasteiger charge is -2.04. The van der Waals surface area contributed by atoms with Crippen LogP contribution in [0.2, 0.25) is 0 Å². The third kappa shape index (κ3) is 2.67. The van der Waals surface area contributed by atoms with Gasteiger partial charge in [0.2, 0.25) is 0 Å². The molecule has 0 saturated heterocycles. The lowest BCUT2D eigenvalue weighted by atomic mass is 10.0. The molecule has 2 nitrogen and oxygen atoms in total. The first-order valence-corrected chi connectivity index (χ1v) is 4.24. The summed E-state index contributed by atoms with van der Waals surface area (Å²) in [5, 5.41) is 0. The average Bonchev–Trinajstić information content (AvgIpc) is 2.03. The number of benzene rings is 1. The molecule has 0 aromatic heterocycles. The Hall–Kier alpha value is -1.15. The first kappa shape index (κ1) is 9.93. The third-order valence-corrected chi connectivity index (χ3v) is 1.85. The van der Waals surface area contributed by atoms with E-state index in [4.69, 9.17) is 4.74 Å². The lowest BCUT2D eigenvalue weighted by molar-refractivity contribution is 0.101. The second-order valence-corrected chi connectivity index (χ2v) is 3.20. The van der Waals surface area contributed by atoms with Crippen LogP contribution in [0.4, 0.5) is 0 Å². The standard InChI is InChI=1S/C11H14O2/c1-8-4-10(7-13-3)6-11(5-8)9(2)12/h4-6H,7H2,1-3H3. The van der Waals surface area contributed by atoms with Crippen molar-refractivity contribution in [3.8, 4) is 0 Å². The summed E-state index contributed by atoms with van der Waals surface area (Å²) in [6, 6.07) is 5.79. The minimum absolute atomic E-state index is 0.0982. The van der Waals surface area contributed by atoms with Crippen molar-refractivity contribution in [2.24, 2.45) is 0 Å². The Kier molecular flexibility index (Phi) is 3.20. The number of methoxy groups -OCH3 is 1. The van der Waals surface area contributed by atoms with Gasteiger partial charge in [-0.25, -0.2) is 0 Å². The normalized spacial score (nSPS) is 10.1. The molecule has 0 atom stereocenters. The van der Waals surface area contributed by atoms with E-state index < -0.39 is 0 Å². The maximum atomic E-state index is 11.1. The van der Waals surface area contributed by atoms with Crippen LogP contribution in [0.3, 0.4) is 0 Å². The molecule has 1 rings (SSSR count). The van der Waals surface area contributed by atoms with Gasteiger partial charge in [-0.05, 0) is 31.5 Å². The topological polar surface area (TPSA) is 26.3 Å². The summed E-state index contributed by atoms with van der Waals surface area (Å²) in [7, 11) is 1.65. The van der Waals surface area contributed by atoms with Gasteiger partial charge in [-0.1, -0.05) is 11.6 Å².